The predicted molar refractivity (Wildman–Crippen MR) is 69.3 cm³/mol. The molecule has 1 heterocycles. The molecule has 0 saturated carbocycles. The second-order valence-electron chi connectivity index (χ2n) is 5.09. The van der Waals surface area contributed by atoms with Crippen molar-refractivity contribution in [3.63, 3.8) is 0 Å². The summed E-state index contributed by atoms with van der Waals surface area (Å²) in [5.74, 6) is 0.0338. The lowest BCUT2D eigenvalue weighted by Gasteiger charge is -2.20. The van der Waals surface area contributed by atoms with Crippen molar-refractivity contribution in [3.8, 4) is 0 Å². The summed E-state index contributed by atoms with van der Waals surface area (Å²) >= 11 is 0. The normalized spacial score (nSPS) is 20.7. The largest absolute Gasteiger partial charge is 0.416 e. The number of rotatable bonds is 3. The van der Waals surface area contributed by atoms with E-state index in [1.807, 2.05) is 6.92 Å². The number of hydrogen-bond donors (Lipinski definition) is 2. The van der Waals surface area contributed by atoms with E-state index >= 15 is 0 Å². The van der Waals surface area contributed by atoms with Gasteiger partial charge < -0.3 is 10.6 Å². The SMILES string of the molecule is CC(NC(=O)c1ccc(C(F)(F)F)cc1)C1CCNC1. The molecule has 0 radical (unpaired) electrons. The van der Waals surface area contributed by atoms with Gasteiger partial charge in [-0.05, 0) is 56.6 Å². The number of halogens is 3. The van der Waals surface area contributed by atoms with E-state index in [-0.39, 0.29) is 17.5 Å². The van der Waals surface area contributed by atoms with Gasteiger partial charge in [-0.2, -0.15) is 13.2 Å². The molecule has 110 valence electrons. The Balaban J connectivity index is 1.98. The zero-order valence-electron chi connectivity index (χ0n) is 11.1. The number of benzene rings is 1. The van der Waals surface area contributed by atoms with Crippen molar-refractivity contribution in [2.75, 3.05) is 13.1 Å². The molecule has 2 rings (SSSR count). The molecule has 1 amide bonds. The first-order valence-electron chi connectivity index (χ1n) is 6.57. The van der Waals surface area contributed by atoms with Gasteiger partial charge in [0.2, 0.25) is 0 Å². The second kappa shape index (κ2) is 5.83. The Morgan fingerprint density at radius 2 is 2.00 bits per heavy atom. The molecular weight excluding hydrogens is 269 g/mol. The highest BCUT2D eigenvalue weighted by Crippen LogP contribution is 2.29. The van der Waals surface area contributed by atoms with Crippen molar-refractivity contribution in [3.05, 3.63) is 35.4 Å². The van der Waals surface area contributed by atoms with Gasteiger partial charge in [-0.1, -0.05) is 0 Å². The van der Waals surface area contributed by atoms with Gasteiger partial charge in [-0.15, -0.1) is 0 Å². The third kappa shape index (κ3) is 3.50. The summed E-state index contributed by atoms with van der Waals surface area (Å²) in [6.45, 7) is 3.71. The maximum absolute atomic E-state index is 12.4. The fraction of sp³-hybridized carbons (Fsp3) is 0.500. The van der Waals surface area contributed by atoms with Crippen LogP contribution < -0.4 is 10.6 Å². The third-order valence-corrected chi connectivity index (χ3v) is 3.64. The number of carbonyl (C=O) groups is 1. The Hall–Kier alpha value is -1.56. The van der Waals surface area contributed by atoms with Gasteiger partial charge in [-0.25, -0.2) is 0 Å². The molecule has 0 spiro atoms. The molecule has 2 unspecified atom stereocenters. The standard InChI is InChI=1S/C14H17F3N2O/c1-9(11-6-7-18-8-11)19-13(20)10-2-4-12(5-3-10)14(15,16)17/h2-5,9,11,18H,6-8H2,1H3,(H,19,20). The zero-order valence-corrected chi connectivity index (χ0v) is 11.1. The smallest absolute Gasteiger partial charge is 0.349 e. The average molecular weight is 286 g/mol. The van der Waals surface area contributed by atoms with Gasteiger partial charge >= 0.3 is 6.18 Å². The highest BCUT2D eigenvalue weighted by Gasteiger charge is 2.30. The fourth-order valence-corrected chi connectivity index (χ4v) is 2.32. The van der Waals surface area contributed by atoms with Crippen LogP contribution in [0.15, 0.2) is 24.3 Å². The molecule has 2 atom stereocenters. The van der Waals surface area contributed by atoms with E-state index in [0.29, 0.717) is 5.92 Å². The first kappa shape index (κ1) is 14.8. The van der Waals surface area contributed by atoms with E-state index in [1.165, 1.54) is 12.1 Å². The van der Waals surface area contributed by atoms with Crippen LogP contribution >= 0.6 is 0 Å². The Kier molecular flexibility index (Phi) is 4.32. The maximum atomic E-state index is 12.4. The second-order valence-corrected chi connectivity index (χ2v) is 5.09. The molecule has 20 heavy (non-hydrogen) atoms. The van der Waals surface area contributed by atoms with E-state index in [1.54, 1.807) is 0 Å². The Morgan fingerprint density at radius 1 is 1.35 bits per heavy atom. The number of nitrogens with one attached hydrogen (secondary N) is 2. The van der Waals surface area contributed by atoms with Crippen molar-refractivity contribution >= 4 is 5.91 Å². The van der Waals surface area contributed by atoms with Crippen LogP contribution in [0, 0.1) is 5.92 Å². The molecule has 1 aromatic rings. The zero-order chi connectivity index (χ0) is 14.8. The van der Waals surface area contributed by atoms with Gasteiger partial charge in [0.05, 0.1) is 5.56 Å². The van der Waals surface area contributed by atoms with E-state index in [9.17, 15) is 18.0 Å². The lowest BCUT2D eigenvalue weighted by molar-refractivity contribution is -0.137. The minimum Gasteiger partial charge on any atom is -0.349 e. The van der Waals surface area contributed by atoms with Crippen molar-refractivity contribution in [2.45, 2.75) is 25.6 Å². The molecule has 1 aliphatic rings. The Morgan fingerprint density at radius 3 is 2.50 bits per heavy atom. The van der Waals surface area contributed by atoms with Gasteiger partial charge in [0.15, 0.2) is 0 Å². The van der Waals surface area contributed by atoms with Crippen LogP contribution in [0.2, 0.25) is 0 Å². The molecular formula is C14H17F3N2O. The topological polar surface area (TPSA) is 41.1 Å². The molecule has 1 aromatic carbocycles. The molecule has 6 heteroatoms. The molecule has 1 fully saturated rings. The number of carbonyl (C=O) groups excluding carboxylic acids is 1. The molecule has 0 aliphatic carbocycles. The molecule has 0 bridgehead atoms. The van der Waals surface area contributed by atoms with Crippen LogP contribution in [0.25, 0.3) is 0 Å². The molecule has 1 aliphatic heterocycles. The number of alkyl halides is 3. The highest BCUT2D eigenvalue weighted by atomic mass is 19.4. The lowest BCUT2D eigenvalue weighted by Crippen LogP contribution is -2.38. The van der Waals surface area contributed by atoms with Crippen molar-refractivity contribution < 1.29 is 18.0 Å². The number of hydrogen-bond acceptors (Lipinski definition) is 2. The molecule has 2 N–H and O–H groups in total. The van der Waals surface area contributed by atoms with E-state index in [4.69, 9.17) is 0 Å². The van der Waals surface area contributed by atoms with Crippen LogP contribution in [0.1, 0.15) is 29.3 Å². The fourth-order valence-electron chi connectivity index (χ4n) is 2.32. The summed E-state index contributed by atoms with van der Waals surface area (Å²) in [5, 5.41) is 6.05. The summed E-state index contributed by atoms with van der Waals surface area (Å²) in [7, 11) is 0. The average Bonchev–Trinajstić information content (AvgIpc) is 2.91. The summed E-state index contributed by atoms with van der Waals surface area (Å²) < 4.78 is 37.3. The monoisotopic (exact) mass is 286 g/mol. The molecule has 0 aromatic heterocycles. The van der Waals surface area contributed by atoms with Crippen molar-refractivity contribution in [1.82, 2.24) is 10.6 Å². The summed E-state index contributed by atoms with van der Waals surface area (Å²) in [6.07, 6.45) is -3.38. The summed E-state index contributed by atoms with van der Waals surface area (Å²) in [6, 6.07) is 4.27. The molecule has 1 saturated heterocycles. The van der Waals surface area contributed by atoms with Gasteiger partial charge in [0.25, 0.3) is 5.91 Å². The third-order valence-electron chi connectivity index (χ3n) is 3.64. The first-order valence-corrected chi connectivity index (χ1v) is 6.57. The van der Waals surface area contributed by atoms with Crippen LogP contribution in [-0.4, -0.2) is 25.0 Å². The van der Waals surface area contributed by atoms with E-state index in [0.717, 1.165) is 31.6 Å². The van der Waals surface area contributed by atoms with Crippen LogP contribution in [0.5, 0.6) is 0 Å². The minimum absolute atomic E-state index is 0.000192. The quantitative estimate of drug-likeness (QED) is 0.896. The van der Waals surface area contributed by atoms with E-state index in [2.05, 4.69) is 10.6 Å². The summed E-state index contributed by atoms with van der Waals surface area (Å²) in [4.78, 5) is 12.0. The van der Waals surface area contributed by atoms with Crippen LogP contribution in [-0.2, 0) is 6.18 Å². The first-order chi connectivity index (χ1) is 9.38. The van der Waals surface area contributed by atoms with Gasteiger partial charge in [0.1, 0.15) is 0 Å². The predicted octanol–water partition coefficient (Wildman–Crippen LogP) is 2.43. The van der Waals surface area contributed by atoms with E-state index < -0.39 is 11.7 Å². The van der Waals surface area contributed by atoms with Crippen molar-refractivity contribution in [2.24, 2.45) is 5.92 Å². The van der Waals surface area contributed by atoms with Gasteiger partial charge in [-0.3, -0.25) is 4.79 Å². The summed E-state index contributed by atoms with van der Waals surface area (Å²) in [5.41, 5.74) is -0.502. The highest BCUT2D eigenvalue weighted by molar-refractivity contribution is 5.94. The molecule has 3 nitrogen and oxygen atoms in total. The Labute approximate surface area is 115 Å². The van der Waals surface area contributed by atoms with Crippen LogP contribution in [0.4, 0.5) is 13.2 Å². The minimum atomic E-state index is -4.38. The Bertz CT molecular complexity index is 464. The number of amides is 1. The van der Waals surface area contributed by atoms with Gasteiger partial charge in [0, 0.05) is 11.6 Å². The maximum Gasteiger partial charge on any atom is 0.416 e. The van der Waals surface area contributed by atoms with Crippen molar-refractivity contribution in [1.29, 1.82) is 0 Å². The lowest BCUT2D eigenvalue weighted by atomic mass is 10.00. The van der Waals surface area contributed by atoms with Crippen LogP contribution in [0.3, 0.4) is 0 Å².